The molecular weight excluding hydrogens is 312 g/mol. The quantitative estimate of drug-likeness (QED) is 0.845. The first kappa shape index (κ1) is 15.8. The summed E-state index contributed by atoms with van der Waals surface area (Å²) < 4.78 is 1.23. The minimum absolute atomic E-state index is 0.529. The maximum absolute atomic E-state index is 3.76. The molecule has 112 valence electrons. The predicted molar refractivity (Wildman–Crippen MR) is 91.3 cm³/mol. The lowest BCUT2D eigenvalue weighted by Crippen LogP contribution is -2.35. The lowest BCUT2D eigenvalue weighted by molar-refractivity contribution is 0.404. The van der Waals surface area contributed by atoms with Crippen LogP contribution in [0.4, 0.5) is 5.69 Å². The first-order valence-electron chi connectivity index (χ1n) is 7.87. The zero-order valence-corrected chi connectivity index (χ0v) is 14.5. The summed E-state index contributed by atoms with van der Waals surface area (Å²) in [7, 11) is 0. The maximum Gasteiger partial charge on any atom is 0.0510 e. The summed E-state index contributed by atoms with van der Waals surface area (Å²) in [6, 6.07) is 7.32. The molecule has 0 aliphatic carbocycles. The highest BCUT2D eigenvalue weighted by Crippen LogP contribution is 2.31. The monoisotopic (exact) mass is 338 g/mol. The highest BCUT2D eigenvalue weighted by Gasteiger charge is 2.20. The zero-order valence-electron chi connectivity index (χ0n) is 13.0. The largest absolute Gasteiger partial charge is 0.370 e. The zero-order chi connectivity index (χ0) is 14.5. The molecular formula is C17H27BrN2. The van der Waals surface area contributed by atoms with Gasteiger partial charge in [0.1, 0.15) is 0 Å². The SMILES string of the molecule is CCC1CCCN(c2ccc(CNC(C)C)cc2Br)C1. The Morgan fingerprint density at radius 2 is 2.20 bits per heavy atom. The van der Waals surface area contributed by atoms with Crippen LogP contribution in [-0.2, 0) is 6.54 Å². The Labute approximate surface area is 132 Å². The van der Waals surface area contributed by atoms with Crippen LogP contribution in [0, 0.1) is 5.92 Å². The number of hydrogen-bond acceptors (Lipinski definition) is 2. The molecule has 1 saturated heterocycles. The fraction of sp³-hybridized carbons (Fsp3) is 0.647. The van der Waals surface area contributed by atoms with Gasteiger partial charge in [-0.2, -0.15) is 0 Å². The van der Waals surface area contributed by atoms with Crippen molar-refractivity contribution in [2.24, 2.45) is 5.92 Å². The lowest BCUT2D eigenvalue weighted by Gasteiger charge is -2.34. The van der Waals surface area contributed by atoms with E-state index in [1.54, 1.807) is 0 Å². The molecule has 0 amide bonds. The second-order valence-corrected chi connectivity index (χ2v) is 7.04. The van der Waals surface area contributed by atoms with Crippen LogP contribution in [0.2, 0.25) is 0 Å². The van der Waals surface area contributed by atoms with Gasteiger partial charge in [0, 0.05) is 30.1 Å². The van der Waals surface area contributed by atoms with Crippen molar-refractivity contribution in [2.75, 3.05) is 18.0 Å². The van der Waals surface area contributed by atoms with Crippen LogP contribution in [0.25, 0.3) is 0 Å². The van der Waals surface area contributed by atoms with Gasteiger partial charge in [0.05, 0.1) is 5.69 Å². The highest BCUT2D eigenvalue weighted by atomic mass is 79.9. The van der Waals surface area contributed by atoms with Crippen LogP contribution in [0.3, 0.4) is 0 Å². The molecule has 2 nitrogen and oxygen atoms in total. The van der Waals surface area contributed by atoms with Crippen molar-refractivity contribution in [1.82, 2.24) is 5.32 Å². The number of anilines is 1. The number of piperidine rings is 1. The Morgan fingerprint density at radius 1 is 1.40 bits per heavy atom. The van der Waals surface area contributed by atoms with Crippen molar-refractivity contribution < 1.29 is 0 Å². The van der Waals surface area contributed by atoms with Gasteiger partial charge in [-0.15, -0.1) is 0 Å². The average molecular weight is 339 g/mol. The smallest absolute Gasteiger partial charge is 0.0510 e. The van der Waals surface area contributed by atoms with Crippen LogP contribution < -0.4 is 10.2 Å². The summed E-state index contributed by atoms with van der Waals surface area (Å²) in [6.45, 7) is 10.0. The van der Waals surface area contributed by atoms with Gasteiger partial charge in [-0.3, -0.25) is 0 Å². The molecule has 1 heterocycles. The van der Waals surface area contributed by atoms with Crippen LogP contribution in [0.15, 0.2) is 22.7 Å². The number of hydrogen-bond donors (Lipinski definition) is 1. The van der Waals surface area contributed by atoms with Crippen molar-refractivity contribution >= 4 is 21.6 Å². The Balaban J connectivity index is 2.05. The molecule has 0 spiro atoms. The third-order valence-electron chi connectivity index (χ3n) is 4.16. The Hall–Kier alpha value is -0.540. The Morgan fingerprint density at radius 3 is 2.85 bits per heavy atom. The molecule has 1 aliphatic rings. The van der Waals surface area contributed by atoms with Gasteiger partial charge < -0.3 is 10.2 Å². The molecule has 20 heavy (non-hydrogen) atoms. The lowest BCUT2D eigenvalue weighted by atomic mass is 9.95. The molecule has 1 aromatic rings. The van der Waals surface area contributed by atoms with E-state index >= 15 is 0 Å². The Kier molecular flexibility index (Phi) is 5.91. The van der Waals surface area contributed by atoms with E-state index in [1.807, 2.05) is 0 Å². The van der Waals surface area contributed by atoms with E-state index in [-0.39, 0.29) is 0 Å². The molecule has 1 atom stereocenters. The van der Waals surface area contributed by atoms with Crippen LogP contribution >= 0.6 is 15.9 Å². The van der Waals surface area contributed by atoms with Gasteiger partial charge >= 0.3 is 0 Å². The minimum atomic E-state index is 0.529. The molecule has 0 radical (unpaired) electrons. The normalized spacial score (nSPS) is 19.6. The van der Waals surface area contributed by atoms with E-state index in [4.69, 9.17) is 0 Å². The van der Waals surface area contributed by atoms with E-state index in [2.05, 4.69) is 65.1 Å². The maximum atomic E-state index is 3.76. The second kappa shape index (κ2) is 7.46. The van der Waals surface area contributed by atoms with Crippen LogP contribution in [0.1, 0.15) is 45.6 Å². The third-order valence-corrected chi connectivity index (χ3v) is 4.80. The number of benzene rings is 1. The van der Waals surface area contributed by atoms with E-state index in [1.165, 1.54) is 48.1 Å². The van der Waals surface area contributed by atoms with E-state index in [9.17, 15) is 0 Å². The van der Waals surface area contributed by atoms with Crippen molar-refractivity contribution in [3.8, 4) is 0 Å². The standard InChI is InChI=1S/C17H27BrN2/c1-4-14-6-5-9-20(12-14)17-8-7-15(10-16(17)18)11-19-13(2)3/h7-8,10,13-14,19H,4-6,9,11-12H2,1-3H3. The number of nitrogens with one attached hydrogen (secondary N) is 1. The number of halogens is 1. The molecule has 1 N–H and O–H groups in total. The van der Waals surface area contributed by atoms with Crippen molar-refractivity contribution in [3.05, 3.63) is 28.2 Å². The van der Waals surface area contributed by atoms with Gasteiger partial charge in [-0.25, -0.2) is 0 Å². The number of rotatable bonds is 5. The fourth-order valence-corrected chi connectivity index (χ4v) is 3.53. The van der Waals surface area contributed by atoms with Crippen LogP contribution in [0.5, 0.6) is 0 Å². The molecule has 1 fully saturated rings. The van der Waals surface area contributed by atoms with Crippen molar-refractivity contribution in [1.29, 1.82) is 0 Å². The highest BCUT2D eigenvalue weighted by molar-refractivity contribution is 9.10. The molecule has 1 aromatic carbocycles. The summed E-state index contributed by atoms with van der Waals surface area (Å²) in [5.74, 6) is 0.859. The first-order chi connectivity index (χ1) is 9.60. The predicted octanol–water partition coefficient (Wildman–Crippen LogP) is 4.57. The average Bonchev–Trinajstić information content (AvgIpc) is 2.45. The molecule has 2 rings (SSSR count). The molecule has 0 bridgehead atoms. The molecule has 0 aromatic heterocycles. The summed E-state index contributed by atoms with van der Waals surface area (Å²) >= 11 is 3.76. The summed E-state index contributed by atoms with van der Waals surface area (Å²) in [6.07, 6.45) is 4.01. The fourth-order valence-electron chi connectivity index (χ4n) is 2.86. The topological polar surface area (TPSA) is 15.3 Å². The summed E-state index contributed by atoms with van der Waals surface area (Å²) in [5.41, 5.74) is 2.70. The number of nitrogens with zero attached hydrogens (tertiary/aromatic N) is 1. The van der Waals surface area contributed by atoms with E-state index in [0.29, 0.717) is 6.04 Å². The van der Waals surface area contributed by atoms with Gasteiger partial charge in [0.25, 0.3) is 0 Å². The van der Waals surface area contributed by atoms with Gasteiger partial charge in [-0.1, -0.05) is 33.3 Å². The third kappa shape index (κ3) is 4.23. The second-order valence-electron chi connectivity index (χ2n) is 6.18. The minimum Gasteiger partial charge on any atom is -0.370 e. The van der Waals surface area contributed by atoms with Gasteiger partial charge in [-0.05, 0) is 52.4 Å². The molecule has 3 heteroatoms. The summed E-state index contributed by atoms with van der Waals surface area (Å²) in [4.78, 5) is 2.54. The van der Waals surface area contributed by atoms with E-state index in [0.717, 1.165) is 12.5 Å². The molecule has 1 aliphatic heterocycles. The summed E-state index contributed by atoms with van der Waals surface area (Å²) in [5, 5.41) is 3.47. The van der Waals surface area contributed by atoms with Crippen molar-refractivity contribution in [3.63, 3.8) is 0 Å². The molecule has 0 saturated carbocycles. The van der Waals surface area contributed by atoms with Crippen LogP contribution in [-0.4, -0.2) is 19.1 Å². The Bertz CT molecular complexity index is 431. The first-order valence-corrected chi connectivity index (χ1v) is 8.66. The molecule has 1 unspecified atom stereocenters. The van der Waals surface area contributed by atoms with E-state index < -0.39 is 0 Å². The van der Waals surface area contributed by atoms with Gasteiger partial charge in [0.2, 0.25) is 0 Å². The van der Waals surface area contributed by atoms with Gasteiger partial charge in [0.15, 0.2) is 0 Å². The van der Waals surface area contributed by atoms with Crippen molar-refractivity contribution in [2.45, 2.75) is 52.6 Å².